The molecule has 18 heavy (non-hydrogen) atoms. The summed E-state index contributed by atoms with van der Waals surface area (Å²) in [6.07, 6.45) is -4.75. The van der Waals surface area contributed by atoms with Crippen molar-refractivity contribution in [2.45, 2.75) is 25.1 Å². The number of benzene rings is 1. The maximum Gasteiger partial charge on any atom is 0.416 e. The number of carbonyl (C=O) groups is 1. The third kappa shape index (κ3) is 3.46. The van der Waals surface area contributed by atoms with Crippen molar-refractivity contribution in [1.82, 2.24) is 0 Å². The number of rotatable bonds is 3. The van der Waals surface area contributed by atoms with Gasteiger partial charge in [-0.25, -0.2) is 0 Å². The lowest BCUT2D eigenvalue weighted by molar-refractivity contribution is -0.146. The molecule has 1 N–H and O–H groups in total. The number of aliphatic hydroxyl groups is 1. The summed E-state index contributed by atoms with van der Waals surface area (Å²) in [6, 6.07) is 4.01. The van der Waals surface area contributed by atoms with Gasteiger partial charge in [0, 0.05) is 0 Å². The number of hydrogen-bond donors (Lipinski definition) is 1. The monoisotopic (exact) mass is 262 g/mol. The molecule has 1 atom stereocenters. The van der Waals surface area contributed by atoms with Crippen LogP contribution in [0.15, 0.2) is 24.3 Å². The van der Waals surface area contributed by atoms with Crippen LogP contribution in [0.3, 0.4) is 0 Å². The summed E-state index contributed by atoms with van der Waals surface area (Å²) < 4.78 is 41.4. The van der Waals surface area contributed by atoms with E-state index < -0.39 is 23.3 Å². The molecule has 100 valence electrons. The van der Waals surface area contributed by atoms with Gasteiger partial charge in [0.1, 0.15) is 0 Å². The van der Waals surface area contributed by atoms with Gasteiger partial charge in [0.25, 0.3) is 0 Å². The Morgan fingerprint density at radius 3 is 2.06 bits per heavy atom. The molecular formula is C12H13F3O3. The Morgan fingerprint density at radius 2 is 1.67 bits per heavy atom. The first-order valence-corrected chi connectivity index (χ1v) is 5.14. The second kappa shape index (κ2) is 4.97. The highest BCUT2D eigenvalue weighted by atomic mass is 19.4. The summed E-state index contributed by atoms with van der Waals surface area (Å²) in [4.78, 5) is 11.1. The second-order valence-corrected chi connectivity index (χ2v) is 4.10. The fraction of sp³-hybridized carbons (Fsp3) is 0.417. The molecule has 0 bridgehead atoms. The zero-order valence-electron chi connectivity index (χ0n) is 9.91. The van der Waals surface area contributed by atoms with E-state index in [4.69, 9.17) is 0 Å². The molecule has 0 spiro atoms. The number of methoxy groups -OCH3 is 1. The van der Waals surface area contributed by atoms with Crippen molar-refractivity contribution in [1.29, 1.82) is 0 Å². The van der Waals surface area contributed by atoms with Gasteiger partial charge in [-0.3, -0.25) is 4.79 Å². The third-order valence-electron chi connectivity index (χ3n) is 2.55. The summed E-state index contributed by atoms with van der Waals surface area (Å²) in [6.45, 7) is 1.34. The minimum Gasteiger partial charge on any atom is -0.469 e. The lowest BCUT2D eigenvalue weighted by Crippen LogP contribution is -2.26. The Bertz CT molecular complexity index is 421. The number of alkyl halides is 3. The summed E-state index contributed by atoms with van der Waals surface area (Å²) in [5.74, 6) is -0.639. The number of ether oxygens (including phenoxy) is 1. The molecule has 6 heteroatoms. The molecule has 0 heterocycles. The number of carbonyl (C=O) groups excluding carboxylic acids is 1. The van der Waals surface area contributed by atoms with E-state index in [1.54, 1.807) is 0 Å². The molecule has 0 aliphatic heterocycles. The Balaban J connectivity index is 2.94. The van der Waals surface area contributed by atoms with Crippen molar-refractivity contribution in [2.24, 2.45) is 0 Å². The van der Waals surface area contributed by atoms with E-state index >= 15 is 0 Å². The van der Waals surface area contributed by atoms with E-state index in [-0.39, 0.29) is 12.0 Å². The number of hydrogen-bond acceptors (Lipinski definition) is 3. The molecule has 0 aliphatic carbocycles. The second-order valence-electron chi connectivity index (χ2n) is 4.10. The molecule has 0 aliphatic rings. The highest BCUT2D eigenvalue weighted by Gasteiger charge is 2.32. The molecule has 0 amide bonds. The quantitative estimate of drug-likeness (QED) is 0.851. The van der Waals surface area contributed by atoms with Gasteiger partial charge >= 0.3 is 12.1 Å². The van der Waals surface area contributed by atoms with Crippen LogP contribution in [0.2, 0.25) is 0 Å². The van der Waals surface area contributed by atoms with E-state index in [1.807, 2.05) is 0 Å². The first kappa shape index (κ1) is 14.5. The molecule has 1 aromatic carbocycles. The largest absolute Gasteiger partial charge is 0.469 e. The van der Waals surface area contributed by atoms with Gasteiger partial charge in [-0.2, -0.15) is 13.2 Å². The SMILES string of the molecule is COC(=O)CC(C)(O)c1ccc(C(F)(F)F)cc1. The van der Waals surface area contributed by atoms with Crippen LogP contribution < -0.4 is 0 Å². The van der Waals surface area contributed by atoms with E-state index in [0.29, 0.717) is 0 Å². The fourth-order valence-electron chi connectivity index (χ4n) is 1.47. The smallest absolute Gasteiger partial charge is 0.416 e. The normalized spacial score (nSPS) is 15.0. The van der Waals surface area contributed by atoms with Crippen molar-refractivity contribution >= 4 is 5.97 Å². The minimum absolute atomic E-state index is 0.223. The minimum atomic E-state index is -4.42. The van der Waals surface area contributed by atoms with Crippen molar-refractivity contribution < 1.29 is 27.8 Å². The zero-order chi connectivity index (χ0) is 14.0. The average Bonchev–Trinajstić information content (AvgIpc) is 2.27. The van der Waals surface area contributed by atoms with Crippen LogP contribution in [0.4, 0.5) is 13.2 Å². The van der Waals surface area contributed by atoms with E-state index in [2.05, 4.69) is 4.74 Å². The molecule has 0 saturated heterocycles. The van der Waals surface area contributed by atoms with Crippen LogP contribution in [0, 0.1) is 0 Å². The van der Waals surface area contributed by atoms with Gasteiger partial charge in [0.2, 0.25) is 0 Å². The van der Waals surface area contributed by atoms with Crippen LogP contribution in [-0.2, 0) is 21.3 Å². The van der Waals surface area contributed by atoms with E-state index in [0.717, 1.165) is 24.3 Å². The van der Waals surface area contributed by atoms with Crippen molar-refractivity contribution in [2.75, 3.05) is 7.11 Å². The summed E-state index contributed by atoms with van der Waals surface area (Å²) in [7, 11) is 1.17. The van der Waals surface area contributed by atoms with Crippen LogP contribution in [0.5, 0.6) is 0 Å². The fourth-order valence-corrected chi connectivity index (χ4v) is 1.47. The van der Waals surface area contributed by atoms with Gasteiger partial charge in [0.05, 0.1) is 24.7 Å². The molecule has 1 unspecified atom stereocenters. The standard InChI is InChI=1S/C12H13F3O3/c1-11(17,7-10(16)18-2)8-3-5-9(6-4-8)12(13,14)15/h3-6,17H,7H2,1-2H3. The van der Waals surface area contributed by atoms with Crippen LogP contribution >= 0.6 is 0 Å². The van der Waals surface area contributed by atoms with E-state index in [1.165, 1.54) is 14.0 Å². The zero-order valence-corrected chi connectivity index (χ0v) is 9.91. The highest BCUT2D eigenvalue weighted by Crippen LogP contribution is 2.31. The van der Waals surface area contributed by atoms with Crippen molar-refractivity contribution in [3.05, 3.63) is 35.4 Å². The summed E-state index contributed by atoms with van der Waals surface area (Å²) >= 11 is 0. The summed E-state index contributed by atoms with van der Waals surface area (Å²) in [5.41, 5.74) is -2.14. The molecular weight excluding hydrogens is 249 g/mol. The average molecular weight is 262 g/mol. The molecule has 0 radical (unpaired) electrons. The molecule has 1 rings (SSSR count). The van der Waals surface area contributed by atoms with Gasteiger partial charge in [-0.05, 0) is 24.6 Å². The Morgan fingerprint density at radius 1 is 1.22 bits per heavy atom. The molecule has 0 aromatic heterocycles. The first-order chi connectivity index (χ1) is 8.16. The number of halogens is 3. The highest BCUT2D eigenvalue weighted by molar-refractivity contribution is 5.70. The van der Waals surface area contributed by atoms with Gasteiger partial charge in [-0.1, -0.05) is 12.1 Å². The van der Waals surface area contributed by atoms with Crippen LogP contribution in [-0.4, -0.2) is 18.2 Å². The number of esters is 1. The topological polar surface area (TPSA) is 46.5 Å². The van der Waals surface area contributed by atoms with Gasteiger partial charge in [-0.15, -0.1) is 0 Å². The maximum absolute atomic E-state index is 12.3. The predicted molar refractivity (Wildman–Crippen MR) is 57.6 cm³/mol. The van der Waals surface area contributed by atoms with Gasteiger partial charge in [0.15, 0.2) is 0 Å². The van der Waals surface area contributed by atoms with E-state index in [9.17, 15) is 23.1 Å². The Kier molecular flexibility index (Phi) is 4.01. The molecule has 1 aromatic rings. The molecule has 3 nitrogen and oxygen atoms in total. The third-order valence-corrected chi connectivity index (χ3v) is 2.55. The Labute approximate surface area is 102 Å². The molecule has 0 saturated carbocycles. The maximum atomic E-state index is 12.3. The van der Waals surface area contributed by atoms with Crippen molar-refractivity contribution in [3.63, 3.8) is 0 Å². The predicted octanol–water partition coefficient (Wildman–Crippen LogP) is 2.48. The lowest BCUT2D eigenvalue weighted by Gasteiger charge is -2.22. The molecule has 0 fully saturated rings. The summed E-state index contributed by atoms with van der Waals surface area (Å²) in [5, 5.41) is 10.00. The Hall–Kier alpha value is -1.56. The first-order valence-electron chi connectivity index (χ1n) is 5.14. The van der Waals surface area contributed by atoms with Crippen LogP contribution in [0.25, 0.3) is 0 Å². The van der Waals surface area contributed by atoms with Crippen LogP contribution in [0.1, 0.15) is 24.5 Å². The van der Waals surface area contributed by atoms with Crippen molar-refractivity contribution in [3.8, 4) is 0 Å². The lowest BCUT2D eigenvalue weighted by atomic mass is 9.92. The van der Waals surface area contributed by atoms with Gasteiger partial charge < -0.3 is 9.84 Å².